The maximum atomic E-state index is 4.73. The zero-order valence-electron chi connectivity index (χ0n) is 17.7. The normalized spacial score (nSPS) is 17.8. The van der Waals surface area contributed by atoms with Gasteiger partial charge in [0.05, 0.1) is 11.0 Å². The summed E-state index contributed by atoms with van der Waals surface area (Å²) < 4.78 is 0. The molecule has 1 atom stereocenters. The number of nitrogens with one attached hydrogen (secondary N) is 1. The SMILES string of the molecule is Cc1cc(C2CCN(c3cc(C)nc4ccccc34)CCCN2)c2ccccc2n1. The van der Waals surface area contributed by atoms with E-state index in [0.29, 0.717) is 6.04 Å². The molecule has 4 heteroatoms. The van der Waals surface area contributed by atoms with Crippen molar-refractivity contribution in [1.82, 2.24) is 15.3 Å². The van der Waals surface area contributed by atoms with Crippen LogP contribution in [0.2, 0.25) is 0 Å². The van der Waals surface area contributed by atoms with Crippen LogP contribution in [0.5, 0.6) is 0 Å². The fourth-order valence-electron chi connectivity index (χ4n) is 4.73. The second kappa shape index (κ2) is 8.04. The summed E-state index contributed by atoms with van der Waals surface area (Å²) in [7, 11) is 0. The Balaban J connectivity index is 1.49. The molecule has 5 rings (SSSR count). The highest BCUT2D eigenvalue weighted by atomic mass is 15.1. The summed E-state index contributed by atoms with van der Waals surface area (Å²) in [5.74, 6) is 0. The molecule has 0 aliphatic carbocycles. The van der Waals surface area contributed by atoms with Crippen molar-refractivity contribution in [2.24, 2.45) is 0 Å². The third-order valence-corrected chi connectivity index (χ3v) is 6.10. The predicted molar refractivity (Wildman–Crippen MR) is 125 cm³/mol. The van der Waals surface area contributed by atoms with E-state index in [9.17, 15) is 0 Å². The average molecular weight is 397 g/mol. The molecule has 4 aromatic rings. The third kappa shape index (κ3) is 3.63. The summed E-state index contributed by atoms with van der Waals surface area (Å²) in [5.41, 5.74) is 7.02. The molecular weight excluding hydrogens is 368 g/mol. The largest absolute Gasteiger partial charge is 0.371 e. The first-order valence-electron chi connectivity index (χ1n) is 10.9. The van der Waals surface area contributed by atoms with Crippen LogP contribution in [0.25, 0.3) is 21.8 Å². The van der Waals surface area contributed by atoms with Crippen LogP contribution in [0.1, 0.15) is 35.8 Å². The third-order valence-electron chi connectivity index (χ3n) is 6.10. The Kier molecular flexibility index (Phi) is 5.09. The van der Waals surface area contributed by atoms with Crippen molar-refractivity contribution in [3.63, 3.8) is 0 Å². The summed E-state index contributed by atoms with van der Waals surface area (Å²) in [5, 5.41) is 6.32. The number of pyridine rings is 2. The molecule has 1 aliphatic rings. The van der Waals surface area contributed by atoms with E-state index in [1.54, 1.807) is 0 Å². The van der Waals surface area contributed by atoms with Gasteiger partial charge in [-0.2, -0.15) is 0 Å². The molecule has 0 radical (unpaired) electrons. The standard InChI is InChI=1S/C26H28N4/c1-18-16-22(20-8-3-5-10-24(20)28-18)23-12-15-30(14-7-13-27-23)26-17-19(2)29-25-11-6-4-9-21(25)26/h3-6,8-11,16-17,23,27H,7,12-15H2,1-2H3. The second-order valence-electron chi connectivity index (χ2n) is 8.31. The highest BCUT2D eigenvalue weighted by Crippen LogP contribution is 2.31. The lowest BCUT2D eigenvalue weighted by molar-refractivity contribution is 0.465. The highest BCUT2D eigenvalue weighted by molar-refractivity contribution is 5.92. The fraction of sp³-hybridized carbons (Fsp3) is 0.308. The van der Waals surface area contributed by atoms with E-state index in [-0.39, 0.29) is 0 Å². The first-order valence-corrected chi connectivity index (χ1v) is 10.9. The molecule has 2 aromatic heterocycles. The van der Waals surface area contributed by atoms with Gasteiger partial charge in [-0.05, 0) is 63.1 Å². The van der Waals surface area contributed by atoms with Crippen molar-refractivity contribution in [2.45, 2.75) is 32.7 Å². The van der Waals surface area contributed by atoms with Crippen LogP contribution >= 0.6 is 0 Å². The summed E-state index contributed by atoms with van der Waals surface area (Å²) in [6, 6.07) is 21.8. The molecule has 4 nitrogen and oxygen atoms in total. The van der Waals surface area contributed by atoms with Gasteiger partial charge in [0.25, 0.3) is 0 Å². The first-order chi connectivity index (χ1) is 14.7. The minimum absolute atomic E-state index is 0.327. The van der Waals surface area contributed by atoms with Gasteiger partial charge in [-0.3, -0.25) is 9.97 Å². The van der Waals surface area contributed by atoms with Crippen LogP contribution in [-0.4, -0.2) is 29.6 Å². The predicted octanol–water partition coefficient (Wildman–Crippen LogP) is 5.33. The summed E-state index contributed by atoms with van der Waals surface area (Å²) in [4.78, 5) is 12.0. The van der Waals surface area contributed by atoms with Crippen LogP contribution in [0.3, 0.4) is 0 Å². The van der Waals surface area contributed by atoms with E-state index < -0.39 is 0 Å². The number of aryl methyl sites for hydroxylation is 2. The number of anilines is 1. The minimum atomic E-state index is 0.327. The number of benzene rings is 2. The number of hydrogen-bond acceptors (Lipinski definition) is 4. The molecule has 2 aromatic carbocycles. The molecule has 1 unspecified atom stereocenters. The van der Waals surface area contributed by atoms with Gasteiger partial charge in [-0.15, -0.1) is 0 Å². The lowest BCUT2D eigenvalue weighted by Crippen LogP contribution is -2.36. The Hall–Kier alpha value is -2.98. The van der Waals surface area contributed by atoms with Crippen molar-refractivity contribution in [1.29, 1.82) is 0 Å². The smallest absolute Gasteiger partial charge is 0.0726 e. The van der Waals surface area contributed by atoms with Crippen LogP contribution in [-0.2, 0) is 0 Å². The maximum absolute atomic E-state index is 4.73. The number of hydrogen-bond donors (Lipinski definition) is 1. The Bertz CT molecular complexity index is 1100. The topological polar surface area (TPSA) is 41.1 Å². The van der Waals surface area contributed by atoms with Crippen LogP contribution in [0.15, 0.2) is 60.7 Å². The molecule has 152 valence electrons. The van der Waals surface area contributed by atoms with E-state index in [1.165, 1.54) is 22.0 Å². The molecule has 1 fully saturated rings. The number of fused-ring (bicyclic) bond motifs is 2. The van der Waals surface area contributed by atoms with E-state index in [1.807, 2.05) is 0 Å². The Morgan fingerprint density at radius 3 is 2.30 bits per heavy atom. The van der Waals surface area contributed by atoms with E-state index in [0.717, 1.165) is 54.9 Å². The van der Waals surface area contributed by atoms with Crippen LogP contribution in [0, 0.1) is 13.8 Å². The Morgan fingerprint density at radius 2 is 1.50 bits per heavy atom. The van der Waals surface area contributed by atoms with E-state index >= 15 is 0 Å². The van der Waals surface area contributed by atoms with Gasteiger partial charge in [-0.25, -0.2) is 0 Å². The molecule has 0 saturated carbocycles. The first kappa shape index (κ1) is 19.0. The van der Waals surface area contributed by atoms with E-state index in [4.69, 9.17) is 9.97 Å². The highest BCUT2D eigenvalue weighted by Gasteiger charge is 2.20. The van der Waals surface area contributed by atoms with Crippen molar-refractivity contribution >= 4 is 27.5 Å². The average Bonchev–Trinajstić information content (AvgIpc) is 2.73. The Morgan fingerprint density at radius 1 is 0.833 bits per heavy atom. The molecule has 1 aliphatic heterocycles. The summed E-state index contributed by atoms with van der Waals surface area (Å²) in [6.45, 7) is 7.27. The zero-order chi connectivity index (χ0) is 20.5. The maximum Gasteiger partial charge on any atom is 0.0726 e. The minimum Gasteiger partial charge on any atom is -0.371 e. The van der Waals surface area contributed by atoms with Crippen molar-refractivity contribution in [3.05, 3.63) is 77.6 Å². The number of para-hydroxylation sites is 2. The fourth-order valence-corrected chi connectivity index (χ4v) is 4.73. The quantitative estimate of drug-likeness (QED) is 0.497. The molecule has 1 saturated heterocycles. The molecule has 0 bridgehead atoms. The molecule has 0 amide bonds. The molecule has 3 heterocycles. The zero-order valence-corrected chi connectivity index (χ0v) is 17.7. The van der Waals surface area contributed by atoms with Crippen molar-refractivity contribution in [2.75, 3.05) is 24.5 Å². The lowest BCUT2D eigenvalue weighted by atomic mass is 9.97. The van der Waals surface area contributed by atoms with Gasteiger partial charge in [-0.1, -0.05) is 36.4 Å². The van der Waals surface area contributed by atoms with Gasteiger partial charge in [0, 0.05) is 47.0 Å². The van der Waals surface area contributed by atoms with Gasteiger partial charge < -0.3 is 10.2 Å². The summed E-state index contributed by atoms with van der Waals surface area (Å²) >= 11 is 0. The van der Waals surface area contributed by atoms with Gasteiger partial charge in [0.2, 0.25) is 0 Å². The second-order valence-corrected chi connectivity index (χ2v) is 8.31. The van der Waals surface area contributed by atoms with E-state index in [2.05, 4.69) is 84.7 Å². The number of rotatable bonds is 2. The number of aromatic nitrogens is 2. The monoisotopic (exact) mass is 396 g/mol. The van der Waals surface area contributed by atoms with Crippen molar-refractivity contribution < 1.29 is 0 Å². The molecule has 30 heavy (non-hydrogen) atoms. The molecule has 0 spiro atoms. The summed E-state index contributed by atoms with van der Waals surface area (Å²) in [6.07, 6.45) is 2.18. The van der Waals surface area contributed by atoms with Gasteiger partial charge in [0.1, 0.15) is 0 Å². The number of nitrogens with zero attached hydrogens (tertiary/aromatic N) is 3. The van der Waals surface area contributed by atoms with Gasteiger partial charge in [0.15, 0.2) is 0 Å². The van der Waals surface area contributed by atoms with Crippen molar-refractivity contribution in [3.8, 4) is 0 Å². The lowest BCUT2D eigenvalue weighted by Gasteiger charge is -2.32. The molecular formula is C26H28N4. The van der Waals surface area contributed by atoms with Crippen LogP contribution in [0.4, 0.5) is 5.69 Å². The molecule has 1 N–H and O–H groups in total. The van der Waals surface area contributed by atoms with Crippen LogP contribution < -0.4 is 10.2 Å². The Labute approximate surface area is 178 Å². The van der Waals surface area contributed by atoms with Gasteiger partial charge >= 0.3 is 0 Å².